The topological polar surface area (TPSA) is 58.2 Å². The van der Waals surface area contributed by atoms with Crippen molar-refractivity contribution >= 4 is 12.2 Å². The molecule has 4 nitrogen and oxygen atoms in total. The van der Waals surface area contributed by atoms with Gasteiger partial charge in [0.25, 0.3) is 0 Å². The van der Waals surface area contributed by atoms with Crippen LogP contribution in [0.3, 0.4) is 0 Å². The van der Waals surface area contributed by atoms with Crippen LogP contribution < -0.4 is 10.6 Å². The number of aldehydes is 1. The first kappa shape index (κ1) is 8.20. The Hall–Kier alpha value is -0.900. The Labute approximate surface area is 65.3 Å². The summed E-state index contributed by atoms with van der Waals surface area (Å²) in [6.07, 6.45) is 3.01. The van der Waals surface area contributed by atoms with Crippen LogP contribution >= 0.6 is 0 Å². The lowest BCUT2D eigenvalue weighted by Gasteiger charge is -2.01. The Bertz CT molecular complexity index is 155. The minimum Gasteiger partial charge on any atom is -0.348 e. The van der Waals surface area contributed by atoms with Crippen molar-refractivity contribution in [3.63, 3.8) is 0 Å². The van der Waals surface area contributed by atoms with Crippen LogP contribution in [0.1, 0.15) is 12.8 Å². The SMILES string of the molecule is O=CCNC(=O)CNC1CC1. The number of nitrogens with one attached hydrogen (secondary N) is 2. The van der Waals surface area contributed by atoms with Gasteiger partial charge in [-0.15, -0.1) is 0 Å². The van der Waals surface area contributed by atoms with Crippen molar-refractivity contribution in [2.45, 2.75) is 18.9 Å². The lowest BCUT2D eigenvalue weighted by Crippen LogP contribution is -2.35. The molecule has 0 bridgehead atoms. The van der Waals surface area contributed by atoms with E-state index in [9.17, 15) is 9.59 Å². The van der Waals surface area contributed by atoms with Gasteiger partial charge in [0.2, 0.25) is 5.91 Å². The van der Waals surface area contributed by atoms with Crippen molar-refractivity contribution in [1.29, 1.82) is 0 Å². The van der Waals surface area contributed by atoms with Crippen molar-refractivity contribution in [3.8, 4) is 0 Å². The van der Waals surface area contributed by atoms with Gasteiger partial charge in [-0.25, -0.2) is 0 Å². The van der Waals surface area contributed by atoms with Gasteiger partial charge in [-0.3, -0.25) is 4.79 Å². The summed E-state index contributed by atoms with van der Waals surface area (Å²) < 4.78 is 0. The molecule has 0 aromatic carbocycles. The average molecular weight is 156 g/mol. The largest absolute Gasteiger partial charge is 0.348 e. The molecule has 1 fully saturated rings. The zero-order valence-electron chi connectivity index (χ0n) is 6.30. The summed E-state index contributed by atoms with van der Waals surface area (Å²) in [6, 6.07) is 0.539. The molecule has 1 rings (SSSR count). The van der Waals surface area contributed by atoms with E-state index in [-0.39, 0.29) is 12.5 Å². The molecule has 62 valence electrons. The fraction of sp³-hybridized carbons (Fsp3) is 0.714. The molecule has 0 heterocycles. The summed E-state index contributed by atoms with van der Waals surface area (Å²) in [5.41, 5.74) is 0. The number of carbonyl (C=O) groups excluding carboxylic acids is 2. The minimum absolute atomic E-state index is 0.107. The van der Waals surface area contributed by atoms with Crippen LogP contribution in [-0.2, 0) is 9.59 Å². The molecule has 0 aromatic heterocycles. The quantitative estimate of drug-likeness (QED) is 0.505. The molecule has 0 unspecified atom stereocenters. The van der Waals surface area contributed by atoms with E-state index in [1.54, 1.807) is 0 Å². The maximum absolute atomic E-state index is 10.8. The highest BCUT2D eigenvalue weighted by atomic mass is 16.2. The molecule has 1 amide bonds. The summed E-state index contributed by atoms with van der Waals surface area (Å²) in [5, 5.41) is 5.48. The van der Waals surface area contributed by atoms with Gasteiger partial charge in [-0.1, -0.05) is 0 Å². The van der Waals surface area contributed by atoms with Gasteiger partial charge in [0.1, 0.15) is 6.29 Å². The lowest BCUT2D eigenvalue weighted by atomic mass is 10.5. The van der Waals surface area contributed by atoms with Crippen molar-refractivity contribution < 1.29 is 9.59 Å². The molecule has 0 spiro atoms. The van der Waals surface area contributed by atoms with Crippen molar-refractivity contribution in [1.82, 2.24) is 10.6 Å². The van der Waals surface area contributed by atoms with E-state index in [4.69, 9.17) is 0 Å². The average Bonchev–Trinajstić information content (AvgIpc) is 2.80. The highest BCUT2D eigenvalue weighted by Gasteiger charge is 2.20. The molecular weight excluding hydrogens is 144 g/mol. The third kappa shape index (κ3) is 3.72. The van der Waals surface area contributed by atoms with E-state index in [1.165, 1.54) is 12.8 Å². The molecule has 2 N–H and O–H groups in total. The Kier molecular flexibility index (Phi) is 3.04. The van der Waals surface area contributed by atoms with Crippen LogP contribution in [0.2, 0.25) is 0 Å². The first-order valence-electron chi connectivity index (χ1n) is 3.76. The fourth-order valence-corrected chi connectivity index (χ4v) is 0.742. The van der Waals surface area contributed by atoms with Crippen molar-refractivity contribution in [2.75, 3.05) is 13.1 Å². The first-order chi connectivity index (χ1) is 5.33. The summed E-state index contributed by atoms with van der Waals surface area (Å²) in [7, 11) is 0. The standard InChI is InChI=1S/C7H12N2O2/c10-4-3-8-7(11)5-9-6-1-2-6/h4,6,9H,1-3,5H2,(H,8,11). The van der Waals surface area contributed by atoms with Gasteiger partial charge in [-0.2, -0.15) is 0 Å². The summed E-state index contributed by atoms with van der Waals surface area (Å²) in [4.78, 5) is 20.6. The Morgan fingerprint density at radius 1 is 1.55 bits per heavy atom. The zero-order chi connectivity index (χ0) is 8.10. The van der Waals surface area contributed by atoms with E-state index >= 15 is 0 Å². The normalized spacial score (nSPS) is 16.0. The van der Waals surface area contributed by atoms with Crippen molar-refractivity contribution in [3.05, 3.63) is 0 Å². The van der Waals surface area contributed by atoms with Gasteiger partial charge in [0.05, 0.1) is 13.1 Å². The molecule has 0 atom stereocenters. The second-order valence-electron chi connectivity index (χ2n) is 2.63. The van der Waals surface area contributed by atoms with Gasteiger partial charge < -0.3 is 15.4 Å². The third-order valence-electron chi connectivity index (χ3n) is 1.51. The number of amides is 1. The van der Waals surface area contributed by atoms with E-state index in [2.05, 4.69) is 10.6 Å². The third-order valence-corrected chi connectivity index (χ3v) is 1.51. The van der Waals surface area contributed by atoms with Crippen LogP contribution in [0.5, 0.6) is 0 Å². The fourth-order valence-electron chi connectivity index (χ4n) is 0.742. The van der Waals surface area contributed by atoms with E-state index in [0.29, 0.717) is 18.9 Å². The molecule has 1 saturated carbocycles. The molecule has 11 heavy (non-hydrogen) atoms. The van der Waals surface area contributed by atoms with Gasteiger partial charge in [-0.05, 0) is 12.8 Å². The summed E-state index contributed by atoms with van der Waals surface area (Å²) >= 11 is 0. The molecular formula is C7H12N2O2. The van der Waals surface area contributed by atoms with Crippen LogP contribution in [0.25, 0.3) is 0 Å². The van der Waals surface area contributed by atoms with Crippen LogP contribution in [0, 0.1) is 0 Å². The number of rotatable bonds is 5. The summed E-state index contributed by atoms with van der Waals surface area (Å²) in [5.74, 6) is -0.107. The number of carbonyl (C=O) groups is 2. The van der Waals surface area contributed by atoms with E-state index in [1.807, 2.05) is 0 Å². The van der Waals surface area contributed by atoms with Gasteiger partial charge >= 0.3 is 0 Å². The lowest BCUT2D eigenvalue weighted by molar-refractivity contribution is -0.121. The maximum Gasteiger partial charge on any atom is 0.234 e. The molecule has 0 aromatic rings. The molecule has 0 radical (unpaired) electrons. The molecule has 4 heteroatoms. The first-order valence-corrected chi connectivity index (χ1v) is 3.76. The number of hydrogen-bond donors (Lipinski definition) is 2. The predicted octanol–water partition coefficient (Wildman–Crippen LogP) is -0.946. The summed E-state index contributed by atoms with van der Waals surface area (Å²) in [6.45, 7) is 0.448. The van der Waals surface area contributed by atoms with Crippen LogP contribution in [0.4, 0.5) is 0 Å². The second-order valence-corrected chi connectivity index (χ2v) is 2.63. The zero-order valence-corrected chi connectivity index (χ0v) is 6.30. The van der Waals surface area contributed by atoms with Gasteiger partial charge in [0, 0.05) is 6.04 Å². The molecule has 1 aliphatic carbocycles. The smallest absolute Gasteiger partial charge is 0.234 e. The minimum atomic E-state index is -0.107. The van der Waals surface area contributed by atoms with Crippen LogP contribution in [-0.4, -0.2) is 31.3 Å². The predicted molar refractivity (Wildman–Crippen MR) is 40.1 cm³/mol. The van der Waals surface area contributed by atoms with Crippen molar-refractivity contribution in [2.24, 2.45) is 0 Å². The molecule has 0 aliphatic heterocycles. The number of hydrogen-bond acceptors (Lipinski definition) is 3. The van der Waals surface area contributed by atoms with E-state index in [0.717, 1.165) is 0 Å². The van der Waals surface area contributed by atoms with Crippen LogP contribution in [0.15, 0.2) is 0 Å². The second kappa shape index (κ2) is 4.08. The molecule has 1 aliphatic rings. The van der Waals surface area contributed by atoms with Gasteiger partial charge in [0.15, 0.2) is 0 Å². The monoisotopic (exact) mass is 156 g/mol. The highest BCUT2D eigenvalue weighted by Crippen LogP contribution is 2.17. The maximum atomic E-state index is 10.8. The highest BCUT2D eigenvalue weighted by molar-refractivity contribution is 5.80. The Balaban J connectivity index is 1.95. The molecule has 0 saturated heterocycles. The Morgan fingerprint density at radius 3 is 2.82 bits per heavy atom. The van der Waals surface area contributed by atoms with E-state index < -0.39 is 0 Å². The Morgan fingerprint density at radius 2 is 2.27 bits per heavy atom.